The maximum atomic E-state index is 11.7. The molecule has 0 aliphatic rings. The number of halogens is 2. The lowest BCUT2D eigenvalue weighted by molar-refractivity contribution is -0.122. The monoisotopic (exact) mass is 404 g/mol. The van der Waals surface area contributed by atoms with Crippen LogP contribution < -0.4 is 10.9 Å². The Hall–Kier alpha value is -2.70. The molecule has 2 aromatic carbocycles. The van der Waals surface area contributed by atoms with E-state index < -0.39 is 0 Å². The number of carbonyl (C=O) groups is 2. The van der Waals surface area contributed by atoms with Crippen LogP contribution in [-0.4, -0.2) is 24.2 Å². The number of amides is 2. The molecule has 2 amide bonds. The topological polar surface area (TPSA) is 82.9 Å². The summed E-state index contributed by atoms with van der Waals surface area (Å²) in [6, 6.07) is 14.2. The maximum absolute atomic E-state index is 11.7. The summed E-state index contributed by atoms with van der Waals surface area (Å²) in [7, 11) is 0. The van der Waals surface area contributed by atoms with Crippen molar-refractivity contribution in [3.05, 3.63) is 69.7 Å². The number of rotatable bonds is 8. The van der Waals surface area contributed by atoms with Gasteiger partial charge in [0.05, 0.1) is 12.4 Å². The zero-order valence-corrected chi connectivity index (χ0v) is 15.9. The molecule has 0 atom stereocenters. The van der Waals surface area contributed by atoms with Crippen molar-refractivity contribution in [2.24, 2.45) is 10.2 Å². The smallest absolute Gasteiger partial charge is 0.240 e. The molecule has 8 heteroatoms. The molecule has 2 aromatic rings. The first kappa shape index (κ1) is 20.6. The van der Waals surface area contributed by atoms with E-state index in [1.807, 2.05) is 12.1 Å². The third-order valence-electron chi connectivity index (χ3n) is 3.31. The first-order valence-corrected chi connectivity index (χ1v) is 8.93. The molecular formula is C19H18Cl2N4O2. The van der Waals surface area contributed by atoms with Gasteiger partial charge in [0.25, 0.3) is 0 Å². The first-order valence-electron chi connectivity index (χ1n) is 8.18. The molecule has 2 N–H and O–H groups in total. The molecule has 0 heterocycles. The predicted octanol–water partition coefficient (Wildman–Crippen LogP) is 3.76. The van der Waals surface area contributed by atoms with Gasteiger partial charge in [-0.15, -0.1) is 0 Å². The summed E-state index contributed by atoms with van der Waals surface area (Å²) in [5, 5.41) is 8.89. The van der Waals surface area contributed by atoms with Crippen molar-refractivity contribution < 1.29 is 9.59 Å². The van der Waals surface area contributed by atoms with Crippen molar-refractivity contribution in [1.82, 2.24) is 10.9 Å². The Labute approximate surface area is 167 Å². The summed E-state index contributed by atoms with van der Waals surface area (Å²) in [5.41, 5.74) is 6.37. The highest BCUT2D eigenvalue weighted by molar-refractivity contribution is 6.31. The van der Waals surface area contributed by atoms with Crippen LogP contribution in [0.2, 0.25) is 10.0 Å². The summed E-state index contributed by atoms with van der Waals surface area (Å²) >= 11 is 11.7. The Balaban J connectivity index is 1.63. The van der Waals surface area contributed by atoms with Gasteiger partial charge in [0.2, 0.25) is 11.8 Å². The van der Waals surface area contributed by atoms with Gasteiger partial charge in [-0.05, 0) is 41.8 Å². The van der Waals surface area contributed by atoms with Crippen molar-refractivity contribution >= 4 is 47.4 Å². The van der Waals surface area contributed by atoms with Crippen molar-refractivity contribution in [3.63, 3.8) is 0 Å². The number of benzene rings is 2. The number of carbonyl (C=O) groups excluding carboxylic acids is 2. The highest BCUT2D eigenvalue weighted by Gasteiger charge is 2.04. The third-order valence-corrected chi connectivity index (χ3v) is 3.78. The molecular weight excluding hydrogens is 387 g/mol. The molecule has 0 unspecified atom stereocenters. The largest absolute Gasteiger partial charge is 0.273 e. The normalized spacial score (nSPS) is 11.0. The van der Waals surface area contributed by atoms with Crippen LogP contribution in [0.1, 0.15) is 30.4 Å². The van der Waals surface area contributed by atoms with Gasteiger partial charge in [-0.25, -0.2) is 10.9 Å². The van der Waals surface area contributed by atoms with Gasteiger partial charge < -0.3 is 0 Å². The van der Waals surface area contributed by atoms with E-state index >= 15 is 0 Å². The Bertz CT molecular complexity index is 784. The van der Waals surface area contributed by atoms with E-state index in [-0.39, 0.29) is 24.7 Å². The van der Waals surface area contributed by atoms with Crippen LogP contribution in [0, 0.1) is 0 Å². The lowest BCUT2D eigenvalue weighted by Crippen LogP contribution is -2.20. The molecule has 0 radical (unpaired) electrons. The van der Waals surface area contributed by atoms with Crippen LogP contribution in [0.15, 0.2) is 58.7 Å². The van der Waals surface area contributed by atoms with Gasteiger partial charge in [0, 0.05) is 22.9 Å². The van der Waals surface area contributed by atoms with E-state index in [9.17, 15) is 9.59 Å². The summed E-state index contributed by atoms with van der Waals surface area (Å²) < 4.78 is 0. The van der Waals surface area contributed by atoms with Crippen molar-refractivity contribution in [2.75, 3.05) is 0 Å². The highest BCUT2D eigenvalue weighted by Crippen LogP contribution is 2.09. The fourth-order valence-corrected chi connectivity index (χ4v) is 2.45. The zero-order valence-electron chi connectivity index (χ0n) is 14.4. The average molecular weight is 405 g/mol. The van der Waals surface area contributed by atoms with Gasteiger partial charge in [0.15, 0.2) is 0 Å². The second-order valence-corrected chi connectivity index (χ2v) is 6.42. The van der Waals surface area contributed by atoms with Crippen LogP contribution in [-0.2, 0) is 9.59 Å². The van der Waals surface area contributed by atoms with Gasteiger partial charge in [-0.1, -0.05) is 47.5 Å². The van der Waals surface area contributed by atoms with E-state index in [4.69, 9.17) is 23.2 Å². The van der Waals surface area contributed by atoms with Gasteiger partial charge in [-0.3, -0.25) is 9.59 Å². The summed E-state index contributed by atoms with van der Waals surface area (Å²) in [4.78, 5) is 23.4. The van der Waals surface area contributed by atoms with Crippen LogP contribution in [0.3, 0.4) is 0 Å². The van der Waals surface area contributed by atoms with E-state index in [0.29, 0.717) is 16.5 Å². The molecule has 0 aliphatic heterocycles. The minimum Gasteiger partial charge on any atom is -0.273 e. The Morgan fingerprint density at radius 1 is 0.815 bits per heavy atom. The number of nitrogens with zero attached hydrogens (tertiary/aromatic N) is 2. The summed E-state index contributed by atoms with van der Waals surface area (Å²) in [6.07, 6.45) is 3.75. The molecule has 2 rings (SSSR count). The molecule has 0 aliphatic carbocycles. The second-order valence-electron chi connectivity index (χ2n) is 5.55. The molecule has 0 saturated carbocycles. The molecule has 0 spiro atoms. The van der Waals surface area contributed by atoms with Gasteiger partial charge >= 0.3 is 0 Å². The Morgan fingerprint density at radius 2 is 1.26 bits per heavy atom. The lowest BCUT2D eigenvalue weighted by Gasteiger charge is -2.01. The maximum Gasteiger partial charge on any atom is 0.240 e. The van der Waals surface area contributed by atoms with Crippen LogP contribution in [0.4, 0.5) is 0 Å². The predicted molar refractivity (Wildman–Crippen MR) is 108 cm³/mol. The van der Waals surface area contributed by atoms with Crippen LogP contribution >= 0.6 is 23.2 Å². The Kier molecular flexibility index (Phi) is 8.48. The molecule has 0 aromatic heterocycles. The molecule has 0 fully saturated rings. The molecule has 140 valence electrons. The second kappa shape index (κ2) is 11.1. The molecule has 6 nitrogen and oxygen atoms in total. The molecule has 0 bridgehead atoms. The third kappa shape index (κ3) is 8.48. The molecule has 27 heavy (non-hydrogen) atoms. The number of hydrogen-bond donors (Lipinski definition) is 2. The Morgan fingerprint density at radius 3 is 1.67 bits per heavy atom. The van der Waals surface area contributed by atoms with E-state index in [1.165, 1.54) is 12.4 Å². The highest BCUT2D eigenvalue weighted by atomic mass is 35.5. The summed E-state index contributed by atoms with van der Waals surface area (Å²) in [6.45, 7) is 0. The SMILES string of the molecule is O=C(CCCC(=O)N/N=C/c1cccc(Cl)c1)N/N=C\c1cccc(Cl)c1. The zero-order chi connectivity index (χ0) is 19.5. The minimum absolute atomic E-state index is 0.179. The number of hydrazone groups is 2. The van der Waals surface area contributed by atoms with Gasteiger partial charge in [0.1, 0.15) is 0 Å². The fourth-order valence-electron chi connectivity index (χ4n) is 2.05. The van der Waals surface area contributed by atoms with Crippen LogP contribution in [0.25, 0.3) is 0 Å². The van der Waals surface area contributed by atoms with Gasteiger partial charge in [-0.2, -0.15) is 10.2 Å². The quantitative estimate of drug-likeness (QED) is 0.518. The minimum atomic E-state index is -0.275. The van der Waals surface area contributed by atoms with E-state index in [1.54, 1.807) is 36.4 Å². The number of hydrogen-bond acceptors (Lipinski definition) is 4. The van der Waals surface area contributed by atoms with Crippen LogP contribution in [0.5, 0.6) is 0 Å². The standard InChI is InChI=1S/C19H18Cl2N4O2/c20-16-6-1-4-14(10-16)12-22-24-18(26)8-3-9-19(27)25-23-13-15-5-2-7-17(21)11-15/h1-2,4-7,10-13H,3,8-9H2,(H,24,26)(H,25,27)/b22-12-,23-13+. The molecule has 0 saturated heterocycles. The van der Waals surface area contributed by atoms with Crippen molar-refractivity contribution in [2.45, 2.75) is 19.3 Å². The van der Waals surface area contributed by atoms with Crippen molar-refractivity contribution in [3.8, 4) is 0 Å². The van der Waals surface area contributed by atoms with E-state index in [0.717, 1.165) is 11.1 Å². The van der Waals surface area contributed by atoms with E-state index in [2.05, 4.69) is 21.1 Å². The van der Waals surface area contributed by atoms with Crippen molar-refractivity contribution in [1.29, 1.82) is 0 Å². The average Bonchev–Trinajstić information content (AvgIpc) is 2.62. The fraction of sp³-hybridized carbons (Fsp3) is 0.158. The number of nitrogens with one attached hydrogen (secondary N) is 2. The lowest BCUT2D eigenvalue weighted by atomic mass is 10.2. The summed E-state index contributed by atoms with van der Waals surface area (Å²) in [5.74, 6) is -0.549. The first-order chi connectivity index (χ1) is 13.0.